The number of amides is 1. The molecule has 1 unspecified atom stereocenters. The smallest absolute Gasteiger partial charge is 0.462 e. The predicted molar refractivity (Wildman–Crippen MR) is 209 cm³/mol. The number of carbonyl (C=O) groups is 6. The Kier molecular flexibility index (Phi) is 18.2. The van der Waals surface area contributed by atoms with Gasteiger partial charge < -0.3 is 38.5 Å². The second-order valence-electron chi connectivity index (χ2n) is 13.8. The Balaban J connectivity index is 1.94. The molecule has 3 aliphatic heterocycles. The van der Waals surface area contributed by atoms with E-state index in [4.69, 9.17) is 69.9 Å². The van der Waals surface area contributed by atoms with E-state index in [9.17, 15) is 33.3 Å². The summed E-state index contributed by atoms with van der Waals surface area (Å²) in [4.78, 5) is 78.2. The summed E-state index contributed by atoms with van der Waals surface area (Å²) in [6.07, 6.45) is -8.20. The normalized spacial score (nSPS) is 23.4. The van der Waals surface area contributed by atoms with Gasteiger partial charge in [0.1, 0.15) is 25.4 Å². The number of carbonyl (C=O) groups excluding carboxylic acids is 6. The molecule has 330 valence electrons. The Bertz CT molecular complexity index is 1790. The van der Waals surface area contributed by atoms with Gasteiger partial charge >= 0.3 is 43.8 Å². The van der Waals surface area contributed by atoms with Gasteiger partial charge in [-0.25, -0.2) is 18.7 Å². The summed E-state index contributed by atoms with van der Waals surface area (Å²) in [6, 6.07) is 15.3. The first-order valence-corrected chi connectivity index (χ1v) is 21.1. The molecular formula is C39H48Cl2NO17P. The molecule has 0 aromatic heterocycles. The van der Waals surface area contributed by atoms with E-state index in [2.05, 4.69) is 5.32 Å². The van der Waals surface area contributed by atoms with E-state index in [0.717, 1.165) is 27.7 Å². The summed E-state index contributed by atoms with van der Waals surface area (Å²) >= 11 is 12.9. The molecule has 2 aromatic carbocycles. The van der Waals surface area contributed by atoms with E-state index in [-0.39, 0.29) is 32.7 Å². The van der Waals surface area contributed by atoms with Crippen molar-refractivity contribution in [3.8, 4) is 0 Å². The lowest BCUT2D eigenvalue weighted by Gasteiger charge is -2.48. The van der Waals surface area contributed by atoms with Crippen molar-refractivity contribution in [2.45, 2.75) is 114 Å². The summed E-state index contributed by atoms with van der Waals surface area (Å²) in [6.45, 7) is 1.77. The number of phosphoric acid groups is 1. The topological polar surface area (TPSA) is 224 Å². The molecule has 0 spiro atoms. The zero-order valence-electron chi connectivity index (χ0n) is 33.4. The fraction of sp³-hybridized carbons (Fsp3) is 0.538. The zero-order chi connectivity index (χ0) is 43.9. The quantitative estimate of drug-likeness (QED) is 0.0969. The van der Waals surface area contributed by atoms with Crippen LogP contribution in [0.25, 0.3) is 0 Å². The number of ether oxygens (including phenoxy) is 7. The first-order valence-electron chi connectivity index (χ1n) is 18.9. The third-order valence-electron chi connectivity index (χ3n) is 8.78. The standard InChI is InChI=1S/C39H48Cl2NO17P/c1-25(43)51-23-32(56-27(3)45)34(57-28(4)46)35-33-31(55-26(2)44)20-39(58-35,36(47)50-19-13-7-12-18-38(40,41)24-52-37(48)42-33)59-60(49,53-21-29-14-8-5-9-15-29)54-22-30-16-10-6-11-17-30/h5-6,8-11,14-17,31-35H,7,12-13,18-24H2,1-4H3,(H,42,48)/t31-,32-,33-,34-,35?,39+/m1/s1. The SMILES string of the molecule is CC(=O)OC[C@@H](OC(C)=O)[C@@H](OC(C)=O)C1O[C@]2(OP(=O)(OCc3ccccc3)OCc3ccccc3)C[C@@H](OC(C)=O)[C@H]1NC(=O)OCC(Cl)(Cl)CCCCCOC2=O. The number of benzene rings is 2. The van der Waals surface area contributed by atoms with Gasteiger partial charge in [0.05, 0.1) is 32.3 Å². The van der Waals surface area contributed by atoms with Crippen molar-refractivity contribution < 1.29 is 80.1 Å². The average molecular weight is 905 g/mol. The molecule has 21 heteroatoms. The van der Waals surface area contributed by atoms with Gasteiger partial charge in [0, 0.05) is 27.7 Å². The number of fused-ring (bicyclic) bond motifs is 13. The number of hydrogen-bond donors (Lipinski definition) is 1. The highest BCUT2D eigenvalue weighted by molar-refractivity contribution is 7.48. The number of alkyl carbamates (subject to hydrolysis) is 1. The number of alkyl halides is 2. The minimum absolute atomic E-state index is 0.158. The van der Waals surface area contributed by atoms with Gasteiger partial charge in [0.15, 0.2) is 16.5 Å². The molecule has 1 N–H and O–H groups in total. The molecule has 6 atom stereocenters. The molecule has 3 heterocycles. The molecule has 18 nitrogen and oxygen atoms in total. The lowest BCUT2D eigenvalue weighted by atomic mass is 9.88. The van der Waals surface area contributed by atoms with Crippen LogP contribution in [0.15, 0.2) is 60.7 Å². The van der Waals surface area contributed by atoms with Crippen molar-refractivity contribution in [2.24, 2.45) is 0 Å². The van der Waals surface area contributed by atoms with Crippen LogP contribution in [0.2, 0.25) is 0 Å². The summed E-state index contributed by atoms with van der Waals surface area (Å²) in [5.41, 5.74) is 1.04. The number of halogens is 2. The van der Waals surface area contributed by atoms with Crippen LogP contribution in [0.1, 0.15) is 70.9 Å². The Hall–Kier alpha value is -4.29. The Morgan fingerprint density at radius 3 is 1.97 bits per heavy atom. The van der Waals surface area contributed by atoms with Crippen LogP contribution >= 0.6 is 31.0 Å². The van der Waals surface area contributed by atoms with E-state index in [1.807, 2.05) is 0 Å². The number of hydrogen-bond acceptors (Lipinski definition) is 17. The molecule has 60 heavy (non-hydrogen) atoms. The van der Waals surface area contributed by atoms with Gasteiger partial charge in [-0.15, -0.1) is 0 Å². The molecule has 3 fully saturated rings. The van der Waals surface area contributed by atoms with Gasteiger partial charge in [0.25, 0.3) is 5.79 Å². The molecule has 3 saturated heterocycles. The van der Waals surface area contributed by atoms with Crippen LogP contribution < -0.4 is 5.32 Å². The molecule has 3 aliphatic rings. The minimum atomic E-state index is -5.03. The summed E-state index contributed by atoms with van der Waals surface area (Å²) in [7, 11) is -5.03. The van der Waals surface area contributed by atoms with Crippen LogP contribution in [-0.4, -0.2) is 96.3 Å². The maximum atomic E-state index is 15.0. The molecule has 0 saturated carbocycles. The summed E-state index contributed by atoms with van der Waals surface area (Å²) in [5, 5.41) is 2.49. The minimum Gasteiger partial charge on any atom is -0.462 e. The van der Waals surface area contributed by atoms with E-state index in [0.29, 0.717) is 24.0 Å². The predicted octanol–water partition coefficient (Wildman–Crippen LogP) is 5.77. The number of rotatable bonds is 15. The first-order chi connectivity index (χ1) is 28.4. The zero-order valence-corrected chi connectivity index (χ0v) is 35.8. The largest absolute Gasteiger partial charge is 0.478 e. The molecule has 5 rings (SSSR count). The Labute approximate surface area is 356 Å². The van der Waals surface area contributed by atoms with Crippen LogP contribution in [0, 0.1) is 0 Å². The monoisotopic (exact) mass is 903 g/mol. The van der Waals surface area contributed by atoms with Crippen molar-refractivity contribution in [3.05, 3.63) is 71.8 Å². The second kappa shape index (κ2) is 22.5. The molecule has 0 aliphatic carbocycles. The highest BCUT2D eigenvalue weighted by atomic mass is 35.5. The Morgan fingerprint density at radius 1 is 0.817 bits per heavy atom. The van der Waals surface area contributed by atoms with Crippen LogP contribution in [0.3, 0.4) is 0 Å². The molecule has 2 bridgehead atoms. The maximum Gasteiger partial charge on any atom is 0.478 e. The van der Waals surface area contributed by atoms with Crippen molar-refractivity contribution >= 4 is 67.0 Å². The molecule has 1 amide bonds. The lowest BCUT2D eigenvalue weighted by molar-refractivity contribution is -0.294. The van der Waals surface area contributed by atoms with Crippen LogP contribution in [0.4, 0.5) is 4.79 Å². The molecule has 2 aromatic rings. The van der Waals surface area contributed by atoms with Gasteiger partial charge in [-0.2, -0.15) is 0 Å². The van der Waals surface area contributed by atoms with E-state index < -0.39 is 104 Å². The number of phosphoric ester groups is 1. The maximum absolute atomic E-state index is 15.0. The van der Waals surface area contributed by atoms with Crippen molar-refractivity contribution in [1.82, 2.24) is 5.32 Å². The fourth-order valence-corrected chi connectivity index (χ4v) is 7.91. The van der Waals surface area contributed by atoms with E-state index in [1.54, 1.807) is 60.7 Å². The van der Waals surface area contributed by atoms with Crippen molar-refractivity contribution in [3.63, 3.8) is 0 Å². The lowest BCUT2D eigenvalue weighted by Crippen LogP contribution is -2.69. The first kappa shape index (κ1) is 48.4. The highest BCUT2D eigenvalue weighted by Gasteiger charge is 2.62. The Morgan fingerprint density at radius 2 is 1.42 bits per heavy atom. The van der Waals surface area contributed by atoms with Gasteiger partial charge in [-0.1, -0.05) is 90.3 Å². The van der Waals surface area contributed by atoms with E-state index >= 15 is 0 Å². The van der Waals surface area contributed by atoms with Crippen LogP contribution in [0.5, 0.6) is 0 Å². The van der Waals surface area contributed by atoms with Gasteiger partial charge in [-0.3, -0.25) is 28.2 Å². The van der Waals surface area contributed by atoms with Crippen molar-refractivity contribution in [2.75, 3.05) is 19.8 Å². The van der Waals surface area contributed by atoms with Crippen molar-refractivity contribution in [1.29, 1.82) is 0 Å². The average Bonchev–Trinajstić information content (AvgIpc) is 3.18. The summed E-state index contributed by atoms with van der Waals surface area (Å²) in [5.74, 6) is -8.04. The fourth-order valence-electron chi connectivity index (χ4n) is 6.19. The molecule has 0 radical (unpaired) electrons. The number of nitrogens with one attached hydrogen (secondary N) is 1. The number of esters is 5. The van der Waals surface area contributed by atoms with E-state index in [1.165, 1.54) is 0 Å². The van der Waals surface area contributed by atoms with Gasteiger partial charge in [-0.05, 0) is 30.4 Å². The highest BCUT2D eigenvalue weighted by Crippen LogP contribution is 2.57. The van der Waals surface area contributed by atoms with Crippen LogP contribution in [-0.2, 0) is 88.5 Å². The van der Waals surface area contributed by atoms with Gasteiger partial charge in [0.2, 0.25) is 0 Å². The third-order valence-corrected chi connectivity index (χ3v) is 10.8. The summed E-state index contributed by atoms with van der Waals surface area (Å²) < 4.78 is 70.6. The molecular weight excluding hydrogens is 856 g/mol. The third kappa shape index (κ3) is 15.3. The second-order valence-corrected chi connectivity index (χ2v) is 17.1.